The molecule has 0 saturated carbocycles. The maximum atomic E-state index is 14.5. The largest absolute Gasteiger partial charge is 0.436 e. The molecule has 9 nitrogen and oxygen atoms in total. The number of carbonyl (C=O) groups is 3. The number of hydrogen-bond donors (Lipinski definition) is 0. The van der Waals surface area contributed by atoms with E-state index >= 15 is 0 Å². The molecule has 3 aromatic carbocycles. The van der Waals surface area contributed by atoms with Crippen molar-refractivity contribution in [1.29, 1.82) is 0 Å². The van der Waals surface area contributed by atoms with Crippen molar-refractivity contribution in [2.24, 2.45) is 0 Å². The molecule has 1 aliphatic rings. The topological polar surface area (TPSA) is 102 Å². The van der Waals surface area contributed by atoms with Crippen LogP contribution in [-0.4, -0.2) is 60.7 Å². The molecule has 194 valence electrons. The Bertz CT molecular complexity index is 1470. The first kappa shape index (κ1) is 25.2. The Morgan fingerprint density at radius 2 is 1.74 bits per heavy atom. The first-order valence-electron chi connectivity index (χ1n) is 11.8. The number of para-hydroxylation sites is 2. The van der Waals surface area contributed by atoms with Crippen molar-refractivity contribution in [2.45, 2.75) is 18.8 Å². The molecule has 4 aromatic rings. The maximum absolute atomic E-state index is 14.5. The van der Waals surface area contributed by atoms with Gasteiger partial charge in [-0.2, -0.15) is 0 Å². The molecule has 1 aromatic heterocycles. The minimum absolute atomic E-state index is 0.186. The van der Waals surface area contributed by atoms with Crippen LogP contribution in [0.15, 0.2) is 77.2 Å². The standard InChI is InChI=1S/C28H24FN3O6/c1-36-25(37-2)16-31(27(34)19-7-3-4-8-20(19)29)22-15-24(33)32(28(22)35)18-13-11-17(12-14-18)26-30-21-9-5-6-10-23(21)38-26/h3-14,22,25H,15-16H2,1-2H3. The summed E-state index contributed by atoms with van der Waals surface area (Å²) in [6, 6.07) is 18.3. The number of aromatic nitrogens is 1. The highest BCUT2D eigenvalue weighted by atomic mass is 19.1. The zero-order valence-electron chi connectivity index (χ0n) is 20.7. The molecule has 1 fully saturated rings. The third-order valence-electron chi connectivity index (χ3n) is 6.40. The minimum atomic E-state index is -1.17. The predicted octanol–water partition coefficient (Wildman–Crippen LogP) is 4.03. The summed E-state index contributed by atoms with van der Waals surface area (Å²) in [5, 5.41) is 0. The van der Waals surface area contributed by atoms with E-state index in [1.165, 1.54) is 32.4 Å². The number of hydrogen-bond acceptors (Lipinski definition) is 7. The van der Waals surface area contributed by atoms with E-state index in [0.29, 0.717) is 28.2 Å². The van der Waals surface area contributed by atoms with Crippen LogP contribution in [0.1, 0.15) is 16.8 Å². The number of anilines is 1. The Morgan fingerprint density at radius 1 is 1.05 bits per heavy atom. The third-order valence-corrected chi connectivity index (χ3v) is 6.40. The van der Waals surface area contributed by atoms with Crippen LogP contribution in [-0.2, 0) is 19.1 Å². The quantitative estimate of drug-likeness (QED) is 0.257. The van der Waals surface area contributed by atoms with Crippen LogP contribution in [0.3, 0.4) is 0 Å². The first-order valence-corrected chi connectivity index (χ1v) is 11.8. The van der Waals surface area contributed by atoms with Crippen molar-refractivity contribution in [1.82, 2.24) is 9.88 Å². The number of halogens is 1. The van der Waals surface area contributed by atoms with Crippen LogP contribution in [0, 0.1) is 5.82 Å². The summed E-state index contributed by atoms with van der Waals surface area (Å²) in [5.41, 5.74) is 2.13. The number of imide groups is 1. The van der Waals surface area contributed by atoms with Gasteiger partial charge in [-0.3, -0.25) is 14.4 Å². The summed E-state index contributed by atoms with van der Waals surface area (Å²) in [7, 11) is 2.76. The second-order valence-corrected chi connectivity index (χ2v) is 8.66. The number of methoxy groups -OCH3 is 2. The molecule has 0 spiro atoms. The normalized spacial score (nSPS) is 15.6. The molecule has 5 rings (SSSR count). The Balaban J connectivity index is 1.42. The molecule has 3 amide bonds. The Labute approximate surface area is 217 Å². The van der Waals surface area contributed by atoms with Gasteiger partial charge in [-0.1, -0.05) is 24.3 Å². The molecule has 2 heterocycles. The van der Waals surface area contributed by atoms with Gasteiger partial charge in [-0.15, -0.1) is 0 Å². The van der Waals surface area contributed by atoms with Crippen molar-refractivity contribution in [3.8, 4) is 11.5 Å². The lowest BCUT2D eigenvalue weighted by Crippen LogP contribution is -2.49. The number of rotatable bonds is 8. The smallest absolute Gasteiger partial charge is 0.257 e. The van der Waals surface area contributed by atoms with Gasteiger partial charge in [0.2, 0.25) is 11.8 Å². The zero-order valence-corrected chi connectivity index (χ0v) is 20.7. The highest BCUT2D eigenvalue weighted by Crippen LogP contribution is 2.30. The number of nitrogens with zero attached hydrogens (tertiary/aromatic N) is 3. The van der Waals surface area contributed by atoms with Gasteiger partial charge in [-0.05, 0) is 48.5 Å². The SMILES string of the molecule is COC(CN(C(=O)c1ccccc1F)C1CC(=O)N(c2ccc(-c3nc4ccccc4o3)cc2)C1=O)OC. The fourth-order valence-corrected chi connectivity index (χ4v) is 4.43. The van der Waals surface area contributed by atoms with Gasteiger partial charge < -0.3 is 18.8 Å². The average Bonchev–Trinajstić information content (AvgIpc) is 3.50. The van der Waals surface area contributed by atoms with Crippen LogP contribution < -0.4 is 4.90 Å². The fourth-order valence-electron chi connectivity index (χ4n) is 4.43. The van der Waals surface area contributed by atoms with Crippen LogP contribution in [0.4, 0.5) is 10.1 Å². The second-order valence-electron chi connectivity index (χ2n) is 8.66. The summed E-state index contributed by atoms with van der Waals surface area (Å²) < 4.78 is 30.7. The van der Waals surface area contributed by atoms with E-state index in [1.807, 2.05) is 24.3 Å². The lowest BCUT2D eigenvalue weighted by molar-refractivity contribution is -0.128. The Morgan fingerprint density at radius 3 is 2.42 bits per heavy atom. The van der Waals surface area contributed by atoms with Gasteiger partial charge in [-0.25, -0.2) is 14.3 Å². The van der Waals surface area contributed by atoms with Crippen molar-refractivity contribution in [2.75, 3.05) is 25.7 Å². The van der Waals surface area contributed by atoms with Crippen molar-refractivity contribution < 1.29 is 32.7 Å². The lowest BCUT2D eigenvalue weighted by Gasteiger charge is -2.30. The molecule has 10 heteroatoms. The molecule has 38 heavy (non-hydrogen) atoms. The van der Waals surface area contributed by atoms with Crippen LogP contribution >= 0.6 is 0 Å². The molecule has 0 bridgehead atoms. The van der Waals surface area contributed by atoms with E-state index in [2.05, 4.69) is 4.98 Å². The fraction of sp³-hybridized carbons (Fsp3) is 0.214. The molecule has 1 atom stereocenters. The maximum Gasteiger partial charge on any atom is 0.257 e. The van der Waals surface area contributed by atoms with Crippen molar-refractivity contribution in [3.05, 3.63) is 84.2 Å². The van der Waals surface area contributed by atoms with E-state index in [-0.39, 0.29) is 18.5 Å². The number of fused-ring (bicyclic) bond motifs is 1. The second kappa shape index (κ2) is 10.5. The van der Waals surface area contributed by atoms with Gasteiger partial charge in [0.1, 0.15) is 17.4 Å². The predicted molar refractivity (Wildman–Crippen MR) is 136 cm³/mol. The number of benzene rings is 3. The monoisotopic (exact) mass is 517 g/mol. The van der Waals surface area contributed by atoms with Crippen LogP contribution in [0.5, 0.6) is 0 Å². The van der Waals surface area contributed by atoms with Gasteiger partial charge >= 0.3 is 0 Å². The zero-order chi connectivity index (χ0) is 26.8. The highest BCUT2D eigenvalue weighted by molar-refractivity contribution is 6.23. The van der Waals surface area contributed by atoms with Gasteiger partial charge in [0.05, 0.1) is 24.2 Å². The molecular formula is C28H24FN3O6. The third kappa shape index (κ3) is 4.67. The van der Waals surface area contributed by atoms with E-state index in [9.17, 15) is 18.8 Å². The van der Waals surface area contributed by atoms with E-state index < -0.39 is 35.9 Å². The minimum Gasteiger partial charge on any atom is -0.436 e. The number of oxazole rings is 1. The molecule has 0 aliphatic carbocycles. The van der Waals surface area contributed by atoms with E-state index in [0.717, 1.165) is 15.9 Å². The molecule has 1 saturated heterocycles. The molecule has 0 radical (unpaired) electrons. The van der Waals surface area contributed by atoms with Crippen molar-refractivity contribution >= 4 is 34.5 Å². The molecular weight excluding hydrogens is 493 g/mol. The van der Waals surface area contributed by atoms with Gasteiger partial charge in [0.25, 0.3) is 11.8 Å². The Kier molecular flexibility index (Phi) is 6.99. The summed E-state index contributed by atoms with van der Waals surface area (Å²) in [4.78, 5) is 46.5. The summed E-state index contributed by atoms with van der Waals surface area (Å²) in [5.74, 6) is -2.19. The molecule has 1 aliphatic heterocycles. The molecule has 0 N–H and O–H groups in total. The summed E-state index contributed by atoms with van der Waals surface area (Å²) in [6.45, 7) is -0.186. The average molecular weight is 518 g/mol. The number of carbonyl (C=O) groups excluding carboxylic acids is 3. The van der Waals surface area contributed by atoms with E-state index in [4.69, 9.17) is 13.9 Å². The lowest BCUT2D eigenvalue weighted by atomic mass is 10.1. The number of amides is 3. The molecule has 1 unspecified atom stereocenters. The summed E-state index contributed by atoms with van der Waals surface area (Å²) in [6.07, 6.45) is -1.16. The van der Waals surface area contributed by atoms with Gasteiger partial charge in [0, 0.05) is 19.8 Å². The highest BCUT2D eigenvalue weighted by Gasteiger charge is 2.45. The Hall–Kier alpha value is -4.41. The first-order chi connectivity index (χ1) is 18.4. The van der Waals surface area contributed by atoms with Crippen LogP contribution in [0.2, 0.25) is 0 Å². The number of ether oxygens (including phenoxy) is 2. The summed E-state index contributed by atoms with van der Waals surface area (Å²) >= 11 is 0. The van der Waals surface area contributed by atoms with Crippen molar-refractivity contribution in [3.63, 3.8) is 0 Å². The van der Waals surface area contributed by atoms with E-state index in [1.54, 1.807) is 24.3 Å². The van der Waals surface area contributed by atoms with Gasteiger partial charge in [0.15, 0.2) is 11.9 Å². The van der Waals surface area contributed by atoms with Crippen LogP contribution in [0.25, 0.3) is 22.6 Å².